The topological polar surface area (TPSA) is 72.6 Å². The van der Waals surface area contributed by atoms with Gasteiger partial charge in [0.25, 0.3) is 0 Å². The van der Waals surface area contributed by atoms with Crippen LogP contribution in [0.25, 0.3) is 0 Å². The van der Waals surface area contributed by atoms with Gasteiger partial charge in [0.05, 0.1) is 18.4 Å². The molecule has 0 bridgehead atoms. The van der Waals surface area contributed by atoms with Crippen molar-refractivity contribution in [2.45, 2.75) is 51.2 Å². The molecule has 0 amide bonds. The molecule has 1 aromatic carbocycles. The van der Waals surface area contributed by atoms with Crippen molar-refractivity contribution in [2.24, 2.45) is 0 Å². The van der Waals surface area contributed by atoms with Gasteiger partial charge >= 0.3 is 0 Å². The lowest BCUT2D eigenvalue weighted by Gasteiger charge is -2.37. The van der Waals surface area contributed by atoms with Crippen molar-refractivity contribution >= 4 is 15.7 Å². The molecule has 0 radical (unpaired) electrons. The monoisotopic (exact) mass is 312 g/mol. The third kappa shape index (κ3) is 3.07. The highest BCUT2D eigenvalue weighted by atomic mass is 32.2. The minimum atomic E-state index is -3.60. The summed E-state index contributed by atoms with van der Waals surface area (Å²) in [7, 11) is -3.60. The van der Waals surface area contributed by atoms with Crippen LogP contribution in [-0.2, 0) is 14.8 Å². The SMILES string of the molecule is CCC1COC(C)CN1S(=O)(=O)c1cc(C)c(C)cc1N. The molecule has 21 heavy (non-hydrogen) atoms. The number of sulfonamides is 1. The first-order valence-corrected chi connectivity index (χ1v) is 8.71. The molecular weight excluding hydrogens is 288 g/mol. The van der Waals surface area contributed by atoms with E-state index in [1.165, 1.54) is 0 Å². The zero-order valence-electron chi connectivity index (χ0n) is 13.1. The van der Waals surface area contributed by atoms with Gasteiger partial charge in [0.2, 0.25) is 10.0 Å². The van der Waals surface area contributed by atoms with Crippen LogP contribution in [0.4, 0.5) is 5.69 Å². The number of anilines is 1. The quantitative estimate of drug-likeness (QED) is 0.867. The molecule has 2 atom stereocenters. The summed E-state index contributed by atoms with van der Waals surface area (Å²) < 4.78 is 33.1. The summed E-state index contributed by atoms with van der Waals surface area (Å²) in [5.41, 5.74) is 8.20. The molecule has 1 aromatic rings. The fraction of sp³-hybridized carbons (Fsp3) is 0.600. The average molecular weight is 312 g/mol. The van der Waals surface area contributed by atoms with Gasteiger partial charge in [0, 0.05) is 12.6 Å². The van der Waals surface area contributed by atoms with E-state index >= 15 is 0 Å². The van der Waals surface area contributed by atoms with Gasteiger partial charge in [-0.1, -0.05) is 6.92 Å². The number of nitrogens with zero attached hydrogens (tertiary/aromatic N) is 1. The molecule has 1 heterocycles. The molecule has 1 saturated heterocycles. The molecule has 6 heteroatoms. The van der Waals surface area contributed by atoms with Crippen LogP contribution < -0.4 is 5.73 Å². The zero-order valence-corrected chi connectivity index (χ0v) is 13.9. The first-order valence-electron chi connectivity index (χ1n) is 7.27. The highest BCUT2D eigenvalue weighted by molar-refractivity contribution is 7.89. The van der Waals surface area contributed by atoms with Crippen molar-refractivity contribution in [1.29, 1.82) is 0 Å². The summed E-state index contributed by atoms with van der Waals surface area (Å²) in [5.74, 6) is 0. The number of nitrogens with two attached hydrogens (primary N) is 1. The van der Waals surface area contributed by atoms with Crippen molar-refractivity contribution in [2.75, 3.05) is 18.9 Å². The predicted octanol–water partition coefficient (Wildman–Crippen LogP) is 2.07. The maximum atomic E-state index is 13.0. The van der Waals surface area contributed by atoms with Crippen LogP contribution in [-0.4, -0.2) is 38.0 Å². The number of rotatable bonds is 3. The Morgan fingerprint density at radius 2 is 1.95 bits per heavy atom. The van der Waals surface area contributed by atoms with Crippen molar-refractivity contribution < 1.29 is 13.2 Å². The summed E-state index contributed by atoms with van der Waals surface area (Å²) in [6.07, 6.45) is 0.617. The van der Waals surface area contributed by atoms with Gasteiger partial charge < -0.3 is 10.5 Å². The van der Waals surface area contributed by atoms with Crippen LogP contribution in [0.15, 0.2) is 17.0 Å². The standard InChI is InChI=1S/C15H24N2O3S/c1-5-13-9-20-12(4)8-17(13)21(18,19)15-7-11(3)10(2)6-14(15)16/h6-7,12-13H,5,8-9,16H2,1-4H3. The Kier molecular flexibility index (Phi) is 4.60. The van der Waals surface area contributed by atoms with E-state index in [4.69, 9.17) is 10.5 Å². The smallest absolute Gasteiger partial charge is 0.245 e. The third-order valence-electron chi connectivity index (χ3n) is 4.10. The summed E-state index contributed by atoms with van der Waals surface area (Å²) in [5, 5.41) is 0. The predicted molar refractivity (Wildman–Crippen MR) is 83.7 cm³/mol. The van der Waals surface area contributed by atoms with Crippen molar-refractivity contribution in [3.63, 3.8) is 0 Å². The third-order valence-corrected chi connectivity index (χ3v) is 6.08. The van der Waals surface area contributed by atoms with Crippen LogP contribution in [0.2, 0.25) is 0 Å². The minimum Gasteiger partial charge on any atom is -0.398 e. The number of ether oxygens (including phenoxy) is 1. The Bertz CT molecular complexity index is 628. The Balaban J connectivity index is 2.47. The highest BCUT2D eigenvalue weighted by Gasteiger charge is 2.36. The molecule has 0 saturated carbocycles. The van der Waals surface area contributed by atoms with E-state index in [9.17, 15) is 8.42 Å². The fourth-order valence-electron chi connectivity index (χ4n) is 2.59. The molecule has 2 rings (SSSR count). The number of morpholine rings is 1. The van der Waals surface area contributed by atoms with E-state index in [1.54, 1.807) is 16.4 Å². The van der Waals surface area contributed by atoms with E-state index in [0.717, 1.165) is 17.5 Å². The Morgan fingerprint density at radius 1 is 1.33 bits per heavy atom. The first kappa shape index (κ1) is 16.3. The first-order chi connectivity index (χ1) is 9.77. The molecule has 5 nitrogen and oxygen atoms in total. The molecule has 0 aromatic heterocycles. The summed E-state index contributed by atoms with van der Waals surface area (Å²) >= 11 is 0. The minimum absolute atomic E-state index is 0.102. The second-order valence-corrected chi connectivity index (χ2v) is 7.61. The lowest BCUT2D eigenvalue weighted by atomic mass is 10.1. The lowest BCUT2D eigenvalue weighted by molar-refractivity contribution is -0.0230. The number of hydrogen-bond acceptors (Lipinski definition) is 4. The maximum Gasteiger partial charge on any atom is 0.245 e. The van der Waals surface area contributed by atoms with Crippen molar-refractivity contribution in [3.8, 4) is 0 Å². The Labute approximate surface area is 127 Å². The van der Waals surface area contributed by atoms with Crippen LogP contribution in [0.5, 0.6) is 0 Å². The van der Waals surface area contributed by atoms with Gasteiger partial charge in [-0.3, -0.25) is 0 Å². The van der Waals surface area contributed by atoms with Gasteiger partial charge in [-0.05, 0) is 50.5 Å². The van der Waals surface area contributed by atoms with E-state index in [-0.39, 0.29) is 17.0 Å². The van der Waals surface area contributed by atoms with Crippen LogP contribution in [0, 0.1) is 13.8 Å². The Hall–Kier alpha value is -1.11. The molecule has 1 aliphatic heterocycles. The molecule has 2 unspecified atom stereocenters. The summed E-state index contributed by atoms with van der Waals surface area (Å²) in [6.45, 7) is 8.48. The van der Waals surface area contributed by atoms with Crippen molar-refractivity contribution in [1.82, 2.24) is 4.31 Å². The largest absolute Gasteiger partial charge is 0.398 e. The van der Waals surface area contributed by atoms with Gasteiger partial charge in [0.1, 0.15) is 4.90 Å². The van der Waals surface area contributed by atoms with Gasteiger partial charge in [-0.25, -0.2) is 8.42 Å². The number of nitrogen functional groups attached to an aromatic ring is 1. The van der Waals surface area contributed by atoms with E-state index in [0.29, 0.717) is 18.8 Å². The molecule has 0 aliphatic carbocycles. The number of benzene rings is 1. The molecule has 2 N–H and O–H groups in total. The summed E-state index contributed by atoms with van der Waals surface area (Å²) in [6, 6.07) is 3.27. The molecule has 1 fully saturated rings. The average Bonchev–Trinajstić information content (AvgIpc) is 2.42. The van der Waals surface area contributed by atoms with Gasteiger partial charge in [0.15, 0.2) is 0 Å². The molecule has 118 valence electrons. The second kappa shape index (κ2) is 5.94. The van der Waals surface area contributed by atoms with E-state index in [2.05, 4.69) is 0 Å². The normalized spacial score (nSPS) is 24.2. The Morgan fingerprint density at radius 3 is 2.57 bits per heavy atom. The number of aryl methyl sites for hydroxylation is 2. The van der Waals surface area contributed by atoms with Crippen molar-refractivity contribution in [3.05, 3.63) is 23.3 Å². The molecule has 0 spiro atoms. The maximum absolute atomic E-state index is 13.0. The van der Waals surface area contributed by atoms with Gasteiger partial charge in [-0.2, -0.15) is 4.31 Å². The molecular formula is C15H24N2O3S. The van der Waals surface area contributed by atoms with Crippen LogP contribution in [0.3, 0.4) is 0 Å². The zero-order chi connectivity index (χ0) is 15.8. The van der Waals surface area contributed by atoms with E-state index in [1.807, 2.05) is 27.7 Å². The highest BCUT2D eigenvalue weighted by Crippen LogP contribution is 2.29. The summed E-state index contributed by atoms with van der Waals surface area (Å²) in [4.78, 5) is 0.207. The lowest BCUT2D eigenvalue weighted by Crippen LogP contribution is -2.51. The van der Waals surface area contributed by atoms with E-state index < -0.39 is 10.0 Å². The van der Waals surface area contributed by atoms with Crippen LogP contribution >= 0.6 is 0 Å². The number of hydrogen-bond donors (Lipinski definition) is 1. The van der Waals surface area contributed by atoms with Gasteiger partial charge in [-0.15, -0.1) is 0 Å². The fourth-order valence-corrected chi connectivity index (χ4v) is 4.54. The second-order valence-electron chi connectivity index (χ2n) is 5.76. The van der Waals surface area contributed by atoms with Crippen LogP contribution in [0.1, 0.15) is 31.4 Å². The molecule has 1 aliphatic rings.